The summed E-state index contributed by atoms with van der Waals surface area (Å²) in [5.74, 6) is -1.77. The Kier molecular flexibility index (Phi) is 6.08. The van der Waals surface area contributed by atoms with E-state index in [0.29, 0.717) is 5.56 Å². The Morgan fingerprint density at radius 1 is 1.06 bits per heavy atom. The molecular weight excluding hydrogens is 437 g/mol. The number of carbonyl (C=O) groups excluding carboxylic acids is 3. The van der Waals surface area contributed by atoms with Crippen LogP contribution in [0.3, 0.4) is 0 Å². The van der Waals surface area contributed by atoms with E-state index in [4.69, 9.17) is 0 Å². The summed E-state index contributed by atoms with van der Waals surface area (Å²) in [5.41, 5.74) is 0.574. The average molecular weight is 458 g/mol. The van der Waals surface area contributed by atoms with Crippen LogP contribution in [0.2, 0.25) is 0 Å². The molecule has 33 heavy (non-hydrogen) atoms. The summed E-state index contributed by atoms with van der Waals surface area (Å²) >= 11 is 0. The molecule has 0 unspecified atom stereocenters. The number of alkyl halides is 3. The number of carbonyl (C=O) groups is 3. The van der Waals surface area contributed by atoms with Gasteiger partial charge >= 0.3 is 6.18 Å². The number of aromatic nitrogens is 1. The van der Waals surface area contributed by atoms with Gasteiger partial charge in [0, 0.05) is 49.0 Å². The first-order valence-electron chi connectivity index (χ1n) is 10.3. The fourth-order valence-electron chi connectivity index (χ4n) is 3.78. The monoisotopic (exact) mass is 458 g/mol. The van der Waals surface area contributed by atoms with Crippen molar-refractivity contribution >= 4 is 34.3 Å². The van der Waals surface area contributed by atoms with Crippen molar-refractivity contribution in [1.29, 1.82) is 0 Å². The molecule has 4 rings (SSSR count). The number of amides is 3. The summed E-state index contributed by atoms with van der Waals surface area (Å²) < 4.78 is 38.8. The fraction of sp³-hybridized carbons (Fsp3) is 0.261. The number of halogens is 3. The number of nitrogens with one attached hydrogen (secondary N) is 3. The van der Waals surface area contributed by atoms with Crippen LogP contribution in [0, 0.1) is 5.92 Å². The van der Waals surface area contributed by atoms with Gasteiger partial charge in [0.15, 0.2) is 0 Å². The van der Waals surface area contributed by atoms with Crippen molar-refractivity contribution in [2.24, 2.45) is 5.92 Å². The number of hydrogen-bond donors (Lipinski definition) is 3. The Labute approximate surface area is 186 Å². The molecule has 3 N–H and O–H groups in total. The van der Waals surface area contributed by atoms with Crippen LogP contribution in [0.4, 0.5) is 18.9 Å². The van der Waals surface area contributed by atoms with Crippen LogP contribution in [-0.2, 0) is 15.8 Å². The van der Waals surface area contributed by atoms with E-state index in [1.165, 1.54) is 17.0 Å². The molecule has 0 saturated carbocycles. The number of rotatable bonds is 6. The number of aromatic amines is 1. The molecule has 1 fully saturated rings. The highest BCUT2D eigenvalue weighted by Crippen LogP contribution is 2.33. The van der Waals surface area contributed by atoms with E-state index in [-0.39, 0.29) is 43.6 Å². The smallest absolute Gasteiger partial charge is 0.361 e. The van der Waals surface area contributed by atoms with E-state index in [9.17, 15) is 27.6 Å². The van der Waals surface area contributed by atoms with E-state index in [1.54, 1.807) is 18.3 Å². The molecule has 1 aromatic heterocycles. The predicted molar refractivity (Wildman–Crippen MR) is 116 cm³/mol. The minimum absolute atomic E-state index is 0.00546. The molecule has 0 radical (unpaired) electrons. The molecule has 0 spiro atoms. The number of fused-ring (bicyclic) bond motifs is 1. The third-order valence-corrected chi connectivity index (χ3v) is 5.51. The van der Waals surface area contributed by atoms with Crippen molar-refractivity contribution in [3.63, 3.8) is 0 Å². The molecule has 0 aliphatic carbocycles. The zero-order valence-corrected chi connectivity index (χ0v) is 17.4. The molecule has 1 aliphatic rings. The maximum absolute atomic E-state index is 12.9. The van der Waals surface area contributed by atoms with Gasteiger partial charge in [0.1, 0.15) is 0 Å². The second-order valence-corrected chi connectivity index (χ2v) is 7.78. The average Bonchev–Trinajstić information content (AvgIpc) is 3.41. The SMILES string of the molecule is O=C(NCCNC(=O)[C@H]1CC(=O)N(c2cccc(C(F)(F)F)c2)C1)c1ccc2cc[nH]c2c1. The van der Waals surface area contributed by atoms with Crippen LogP contribution < -0.4 is 15.5 Å². The Balaban J connectivity index is 1.27. The quantitative estimate of drug-likeness (QED) is 0.496. The molecule has 7 nitrogen and oxygen atoms in total. The molecule has 2 aromatic carbocycles. The second kappa shape index (κ2) is 8.97. The first-order valence-corrected chi connectivity index (χ1v) is 10.3. The predicted octanol–water partition coefficient (Wildman–Crippen LogP) is 3.09. The number of benzene rings is 2. The summed E-state index contributed by atoms with van der Waals surface area (Å²) in [7, 11) is 0. The minimum Gasteiger partial charge on any atom is -0.361 e. The third kappa shape index (κ3) is 5.00. The van der Waals surface area contributed by atoms with Crippen molar-refractivity contribution in [2.75, 3.05) is 24.5 Å². The molecule has 10 heteroatoms. The van der Waals surface area contributed by atoms with Gasteiger partial charge in [-0.15, -0.1) is 0 Å². The van der Waals surface area contributed by atoms with Gasteiger partial charge in [-0.25, -0.2) is 0 Å². The van der Waals surface area contributed by atoms with E-state index >= 15 is 0 Å². The highest BCUT2D eigenvalue weighted by molar-refractivity contribution is 6.00. The van der Waals surface area contributed by atoms with Crippen molar-refractivity contribution in [2.45, 2.75) is 12.6 Å². The highest BCUT2D eigenvalue weighted by Gasteiger charge is 2.36. The van der Waals surface area contributed by atoms with Gasteiger partial charge in [-0.05, 0) is 41.8 Å². The molecule has 3 amide bonds. The van der Waals surface area contributed by atoms with E-state index in [1.807, 2.05) is 12.1 Å². The molecule has 1 aliphatic heterocycles. The Morgan fingerprint density at radius 2 is 1.85 bits per heavy atom. The summed E-state index contributed by atoms with van der Waals surface area (Å²) in [6.45, 7) is 0.337. The molecule has 3 aromatic rings. The standard InChI is InChI=1S/C23H21F3N4O3/c24-23(25,26)17-2-1-3-18(12-17)30-13-16(11-20(30)31)22(33)29-9-8-28-21(32)15-5-4-14-6-7-27-19(14)10-15/h1-7,10,12,16,27H,8-9,11,13H2,(H,28,32)(H,29,33)/t16-/m0/s1. The lowest BCUT2D eigenvalue weighted by Crippen LogP contribution is -2.38. The van der Waals surface area contributed by atoms with Crippen LogP contribution in [0.1, 0.15) is 22.3 Å². The normalized spacial score (nSPS) is 16.3. The van der Waals surface area contributed by atoms with Gasteiger partial charge in [-0.1, -0.05) is 12.1 Å². The molecule has 1 saturated heterocycles. The van der Waals surface area contributed by atoms with Crippen LogP contribution in [0.25, 0.3) is 10.9 Å². The molecular formula is C23H21F3N4O3. The van der Waals surface area contributed by atoms with Crippen LogP contribution in [0.15, 0.2) is 54.7 Å². The lowest BCUT2D eigenvalue weighted by atomic mass is 10.1. The largest absolute Gasteiger partial charge is 0.416 e. The zero-order valence-electron chi connectivity index (χ0n) is 17.4. The van der Waals surface area contributed by atoms with E-state index in [0.717, 1.165) is 23.0 Å². The topological polar surface area (TPSA) is 94.3 Å². The molecule has 0 bridgehead atoms. The highest BCUT2D eigenvalue weighted by atomic mass is 19.4. The summed E-state index contributed by atoms with van der Waals surface area (Å²) in [4.78, 5) is 41.3. The Hall–Kier alpha value is -3.82. The number of H-pyrrole nitrogens is 1. The van der Waals surface area contributed by atoms with Crippen molar-refractivity contribution in [3.8, 4) is 0 Å². The Bertz CT molecular complexity index is 1200. The molecule has 172 valence electrons. The van der Waals surface area contributed by atoms with E-state index < -0.39 is 23.6 Å². The lowest BCUT2D eigenvalue weighted by Gasteiger charge is -2.18. The minimum atomic E-state index is -4.52. The van der Waals surface area contributed by atoms with Gasteiger partial charge in [-0.2, -0.15) is 13.2 Å². The summed E-state index contributed by atoms with van der Waals surface area (Å²) in [6.07, 6.45) is -2.83. The van der Waals surface area contributed by atoms with Gasteiger partial charge in [0.25, 0.3) is 5.91 Å². The Morgan fingerprint density at radius 3 is 2.64 bits per heavy atom. The van der Waals surface area contributed by atoms with Crippen molar-refractivity contribution in [3.05, 3.63) is 65.9 Å². The van der Waals surface area contributed by atoms with Crippen molar-refractivity contribution < 1.29 is 27.6 Å². The summed E-state index contributed by atoms with van der Waals surface area (Å²) in [5, 5.41) is 6.37. The van der Waals surface area contributed by atoms with Gasteiger partial charge in [-0.3, -0.25) is 14.4 Å². The van der Waals surface area contributed by atoms with Gasteiger partial charge in [0.2, 0.25) is 11.8 Å². The number of anilines is 1. The number of nitrogens with zero attached hydrogens (tertiary/aromatic N) is 1. The number of hydrogen-bond acceptors (Lipinski definition) is 3. The van der Waals surface area contributed by atoms with Gasteiger partial charge < -0.3 is 20.5 Å². The van der Waals surface area contributed by atoms with Crippen LogP contribution in [-0.4, -0.2) is 42.3 Å². The maximum Gasteiger partial charge on any atom is 0.416 e. The zero-order chi connectivity index (χ0) is 23.6. The summed E-state index contributed by atoms with van der Waals surface area (Å²) in [6, 6.07) is 11.6. The first-order chi connectivity index (χ1) is 15.7. The lowest BCUT2D eigenvalue weighted by molar-refractivity contribution is -0.137. The molecule has 1 atom stereocenters. The second-order valence-electron chi connectivity index (χ2n) is 7.78. The van der Waals surface area contributed by atoms with Crippen LogP contribution in [0.5, 0.6) is 0 Å². The maximum atomic E-state index is 12.9. The van der Waals surface area contributed by atoms with Crippen LogP contribution >= 0.6 is 0 Å². The van der Waals surface area contributed by atoms with E-state index in [2.05, 4.69) is 15.6 Å². The third-order valence-electron chi connectivity index (χ3n) is 5.51. The van der Waals surface area contributed by atoms with Gasteiger partial charge in [0.05, 0.1) is 11.5 Å². The fourth-order valence-corrected chi connectivity index (χ4v) is 3.78. The first kappa shape index (κ1) is 22.4. The van der Waals surface area contributed by atoms with Crippen molar-refractivity contribution in [1.82, 2.24) is 15.6 Å². The molecule has 2 heterocycles.